The summed E-state index contributed by atoms with van der Waals surface area (Å²) in [4.78, 5) is 0. The van der Waals surface area contributed by atoms with E-state index in [1.807, 2.05) is 0 Å². The predicted octanol–water partition coefficient (Wildman–Crippen LogP) is 17.3. The van der Waals surface area contributed by atoms with Crippen LogP contribution in [-0.2, 0) is 0 Å². The molecule has 12 aromatic rings. The van der Waals surface area contributed by atoms with E-state index in [1.54, 1.807) is 0 Å². The number of benzene rings is 10. The van der Waals surface area contributed by atoms with E-state index in [4.69, 9.17) is 0 Å². The van der Waals surface area contributed by atoms with Gasteiger partial charge in [0.15, 0.2) is 0 Å². The van der Waals surface area contributed by atoms with E-state index in [9.17, 15) is 0 Å². The molecule has 0 saturated heterocycles. The third kappa shape index (κ3) is 8.00. The van der Waals surface area contributed by atoms with Gasteiger partial charge in [-0.15, -0.1) is 0 Å². The van der Waals surface area contributed by atoms with Crippen molar-refractivity contribution in [2.24, 2.45) is 0 Å². The van der Waals surface area contributed by atoms with Gasteiger partial charge >= 0.3 is 0 Å². The standard InChI is InChI=1S/C68H68N2Si4/c1-71(2,3)51-35-27-45(28-36-51)65-55-21-13-15-25-59(55)69(67(65)47-31-39-53(40-32-47)73(7,8)9)61-43-49-19-18-24-58-62(44-50-20-17-23-57(61)63(50)64(49)58)70-60-26-16-14-22-56(60)66(46-29-37-52(38-30-46)72(4,5)6)68(70)48-33-41-54(42-34-48)74(10,11)12/h13-44H,1-12H3. The number of para-hydroxylation sites is 2. The van der Waals surface area contributed by atoms with Crippen molar-refractivity contribution in [1.29, 1.82) is 0 Å². The van der Waals surface area contributed by atoms with Crippen molar-refractivity contribution in [1.82, 2.24) is 9.13 Å². The first kappa shape index (κ1) is 48.1. The molecule has 0 unspecified atom stereocenters. The Morgan fingerprint density at radius 2 is 0.554 bits per heavy atom. The molecule has 0 radical (unpaired) electrons. The maximum atomic E-state index is 2.60. The molecule has 12 rings (SSSR count). The smallest absolute Gasteiger partial charge is 0.0775 e. The van der Waals surface area contributed by atoms with Crippen molar-refractivity contribution < 1.29 is 0 Å². The summed E-state index contributed by atoms with van der Waals surface area (Å²) < 4.78 is 5.21. The Balaban J connectivity index is 1.16. The van der Waals surface area contributed by atoms with Gasteiger partial charge in [-0.25, -0.2) is 0 Å². The fourth-order valence-electron chi connectivity index (χ4n) is 11.8. The Morgan fingerprint density at radius 3 is 0.865 bits per heavy atom. The lowest BCUT2D eigenvalue weighted by atomic mass is 9.91. The van der Waals surface area contributed by atoms with Gasteiger partial charge < -0.3 is 9.13 Å². The normalized spacial score (nSPS) is 12.9. The fraction of sp³-hybridized carbons (Fsp3) is 0.176. The van der Waals surface area contributed by atoms with E-state index >= 15 is 0 Å². The molecule has 0 N–H and O–H groups in total. The molecule has 0 aliphatic rings. The number of aromatic nitrogens is 2. The first-order valence-electron chi connectivity index (χ1n) is 26.7. The summed E-state index contributed by atoms with van der Waals surface area (Å²) in [6.45, 7) is 29.3. The average Bonchev–Trinajstić information content (AvgIpc) is 3.91. The molecular formula is C68H68N2Si4. The van der Waals surface area contributed by atoms with Gasteiger partial charge in [0.1, 0.15) is 0 Å². The van der Waals surface area contributed by atoms with Crippen LogP contribution in [0.15, 0.2) is 194 Å². The van der Waals surface area contributed by atoms with E-state index in [1.165, 1.54) is 131 Å². The first-order chi connectivity index (χ1) is 35.3. The molecular weight excluding hydrogens is 957 g/mol. The van der Waals surface area contributed by atoms with Crippen LogP contribution in [0, 0.1) is 0 Å². The van der Waals surface area contributed by atoms with Crippen molar-refractivity contribution in [2.75, 3.05) is 0 Å². The second kappa shape index (κ2) is 17.4. The third-order valence-electron chi connectivity index (χ3n) is 15.9. The first-order valence-corrected chi connectivity index (χ1v) is 40.7. The van der Waals surface area contributed by atoms with Crippen LogP contribution in [0.5, 0.6) is 0 Å². The summed E-state index contributed by atoms with van der Waals surface area (Å²) >= 11 is 0. The monoisotopic (exact) mass is 1020 g/mol. The lowest BCUT2D eigenvalue weighted by Crippen LogP contribution is -2.37. The maximum Gasteiger partial charge on any atom is 0.0775 e. The molecule has 0 amide bonds. The lowest BCUT2D eigenvalue weighted by molar-refractivity contribution is 1.15. The number of fused-ring (bicyclic) bond motifs is 2. The van der Waals surface area contributed by atoms with E-state index in [2.05, 4.69) is 282 Å². The van der Waals surface area contributed by atoms with E-state index in [-0.39, 0.29) is 0 Å². The Hall–Kier alpha value is -6.81. The molecule has 6 heteroatoms. The van der Waals surface area contributed by atoms with Crippen molar-refractivity contribution in [3.05, 3.63) is 194 Å². The van der Waals surface area contributed by atoms with Crippen molar-refractivity contribution in [2.45, 2.75) is 78.6 Å². The summed E-state index contributed by atoms with van der Waals surface area (Å²) in [5.41, 5.74) is 14.8. The zero-order valence-electron chi connectivity index (χ0n) is 45.4. The van der Waals surface area contributed by atoms with E-state index in [0.717, 1.165) is 0 Å². The summed E-state index contributed by atoms with van der Waals surface area (Å²) in [7, 11) is -6.14. The number of rotatable bonds is 10. The van der Waals surface area contributed by atoms with Gasteiger partial charge in [-0.2, -0.15) is 0 Å². The van der Waals surface area contributed by atoms with Crippen LogP contribution >= 0.6 is 0 Å². The van der Waals surface area contributed by atoms with Crippen LogP contribution < -0.4 is 20.7 Å². The van der Waals surface area contributed by atoms with Gasteiger partial charge in [-0.3, -0.25) is 0 Å². The van der Waals surface area contributed by atoms with Gasteiger partial charge in [0.25, 0.3) is 0 Å². The van der Waals surface area contributed by atoms with E-state index < -0.39 is 32.3 Å². The molecule has 74 heavy (non-hydrogen) atoms. The van der Waals surface area contributed by atoms with Gasteiger partial charge in [0.2, 0.25) is 0 Å². The van der Waals surface area contributed by atoms with Gasteiger partial charge in [-0.1, -0.05) is 269 Å². The molecule has 0 bridgehead atoms. The minimum Gasteiger partial charge on any atom is -0.308 e. The largest absolute Gasteiger partial charge is 0.308 e. The van der Waals surface area contributed by atoms with Crippen LogP contribution in [0.4, 0.5) is 0 Å². The molecule has 2 aromatic heterocycles. The molecule has 10 aromatic carbocycles. The second-order valence-electron chi connectivity index (χ2n) is 25.1. The molecule has 0 aliphatic heterocycles. The number of hydrogen-bond donors (Lipinski definition) is 0. The molecule has 0 saturated carbocycles. The highest BCUT2D eigenvalue weighted by atomic mass is 28.3. The Kier molecular flexibility index (Phi) is 11.3. The Labute approximate surface area is 442 Å². The summed E-state index contributed by atoms with van der Waals surface area (Å²) in [6.07, 6.45) is 0. The fourth-order valence-corrected chi connectivity index (χ4v) is 16.5. The number of hydrogen-bond acceptors (Lipinski definition) is 0. The summed E-state index contributed by atoms with van der Waals surface area (Å²) in [5.74, 6) is 0. The zero-order chi connectivity index (χ0) is 51.6. The topological polar surface area (TPSA) is 9.86 Å². The van der Waals surface area contributed by atoms with Crippen molar-refractivity contribution in [3.63, 3.8) is 0 Å². The van der Waals surface area contributed by atoms with Crippen LogP contribution in [0.25, 0.3) is 110 Å². The maximum absolute atomic E-state index is 2.60. The highest BCUT2D eigenvalue weighted by molar-refractivity contribution is 6.90. The van der Waals surface area contributed by atoms with Gasteiger partial charge in [0, 0.05) is 32.7 Å². The Morgan fingerprint density at radius 1 is 0.270 bits per heavy atom. The molecule has 2 nitrogen and oxygen atoms in total. The highest BCUT2D eigenvalue weighted by Crippen LogP contribution is 2.49. The van der Waals surface area contributed by atoms with Crippen LogP contribution in [0.1, 0.15) is 0 Å². The van der Waals surface area contributed by atoms with Crippen molar-refractivity contribution in [3.8, 4) is 56.1 Å². The molecule has 0 spiro atoms. The third-order valence-corrected chi connectivity index (χ3v) is 24.2. The van der Waals surface area contributed by atoms with Crippen LogP contribution in [0.3, 0.4) is 0 Å². The lowest BCUT2D eigenvalue weighted by Gasteiger charge is -2.22. The minimum atomic E-state index is -1.55. The molecule has 0 fully saturated rings. The average molecular weight is 1030 g/mol. The van der Waals surface area contributed by atoms with Gasteiger partial charge in [-0.05, 0) is 68.1 Å². The van der Waals surface area contributed by atoms with Crippen LogP contribution in [-0.4, -0.2) is 41.4 Å². The van der Waals surface area contributed by atoms with Gasteiger partial charge in [0.05, 0.1) is 66.1 Å². The number of nitrogens with zero attached hydrogens (tertiary/aromatic N) is 2. The molecule has 0 aliphatic carbocycles. The van der Waals surface area contributed by atoms with Crippen molar-refractivity contribution >= 4 is 107 Å². The zero-order valence-corrected chi connectivity index (χ0v) is 49.4. The summed E-state index contributed by atoms with van der Waals surface area (Å²) in [6, 6.07) is 75.6. The minimum absolute atomic E-state index is 1.20. The quantitative estimate of drug-likeness (QED) is 0.0954. The molecule has 0 atom stereocenters. The molecule has 366 valence electrons. The predicted molar refractivity (Wildman–Crippen MR) is 337 cm³/mol. The second-order valence-corrected chi connectivity index (χ2v) is 45.4. The highest BCUT2D eigenvalue weighted by Gasteiger charge is 2.29. The molecule has 2 heterocycles. The Bertz CT molecular complexity index is 3840. The van der Waals surface area contributed by atoms with Crippen LogP contribution in [0.2, 0.25) is 78.6 Å². The SMILES string of the molecule is C[Si](C)(C)c1ccc(-c2c(-c3ccc([Si](C)(C)C)cc3)n(-c3cc4cccc5c(-n6c(-c7ccc([Si](C)(C)C)cc7)c(-c7ccc([Si](C)(C)C)cc7)c7ccccc76)cc6cccc3c6c45)c3ccccc23)cc1. The van der Waals surface area contributed by atoms with E-state index in [0.29, 0.717) is 0 Å². The summed E-state index contributed by atoms with van der Waals surface area (Å²) in [5, 5.41) is 16.0.